The molecule has 1 aliphatic heterocycles. The van der Waals surface area contributed by atoms with Gasteiger partial charge >= 0.3 is 0 Å². The number of H-pyrrole nitrogens is 1. The number of rotatable bonds is 2. The molecule has 0 aliphatic carbocycles. The number of nitriles is 1. The van der Waals surface area contributed by atoms with Crippen molar-refractivity contribution in [3.05, 3.63) is 63.2 Å². The number of aromatic nitrogens is 2. The second-order valence-corrected chi connectivity index (χ2v) is 4.75. The Morgan fingerprint density at radius 1 is 1.36 bits per heavy atom. The van der Waals surface area contributed by atoms with Crippen molar-refractivity contribution in [2.75, 3.05) is 12.4 Å². The van der Waals surface area contributed by atoms with Crippen LogP contribution in [0.15, 0.2) is 46.5 Å². The largest absolute Gasteiger partial charge is 0.468 e. The average molecular weight is 295 g/mol. The van der Waals surface area contributed by atoms with E-state index < -0.39 is 5.92 Å². The van der Waals surface area contributed by atoms with Crippen LogP contribution in [0.4, 0.5) is 5.82 Å². The predicted octanol–water partition coefficient (Wildman–Crippen LogP) is 1.03. The van der Waals surface area contributed by atoms with Crippen molar-refractivity contribution in [2.45, 2.75) is 5.92 Å². The number of anilines is 1. The molecule has 0 saturated carbocycles. The summed E-state index contributed by atoms with van der Waals surface area (Å²) in [6.07, 6.45) is 0. The molecule has 110 valence electrons. The van der Waals surface area contributed by atoms with Gasteiger partial charge in [-0.25, -0.2) is 0 Å². The van der Waals surface area contributed by atoms with Crippen LogP contribution >= 0.6 is 0 Å². The molecule has 1 aromatic heterocycles. The fourth-order valence-corrected chi connectivity index (χ4v) is 2.52. The highest BCUT2D eigenvalue weighted by Crippen LogP contribution is 2.37. The van der Waals surface area contributed by atoms with Crippen LogP contribution in [0.2, 0.25) is 0 Å². The van der Waals surface area contributed by atoms with Gasteiger partial charge in [-0.1, -0.05) is 30.3 Å². The first-order valence-electron chi connectivity index (χ1n) is 6.55. The average Bonchev–Trinajstić information content (AvgIpc) is 2.54. The van der Waals surface area contributed by atoms with Gasteiger partial charge in [0.15, 0.2) is 0 Å². The number of nitrogens with zero attached hydrogens (tertiary/aromatic N) is 2. The molecule has 0 fully saturated rings. The molecule has 0 spiro atoms. The first-order chi connectivity index (χ1) is 10.7. The van der Waals surface area contributed by atoms with Gasteiger partial charge in [-0.05, 0) is 5.56 Å². The minimum atomic E-state index is -0.565. The van der Waals surface area contributed by atoms with Crippen molar-refractivity contribution in [1.29, 1.82) is 5.26 Å². The molecule has 0 bridgehead atoms. The second kappa shape index (κ2) is 5.26. The maximum absolute atomic E-state index is 12.4. The highest BCUT2D eigenvalue weighted by atomic mass is 16.5. The van der Waals surface area contributed by atoms with Crippen molar-refractivity contribution in [2.24, 2.45) is 5.73 Å². The molecular formula is C15H13N5O2. The molecule has 4 N–H and O–H groups in total. The number of nitrogens with one attached hydrogen (secondary N) is 2. The van der Waals surface area contributed by atoms with Crippen molar-refractivity contribution in [3.63, 3.8) is 0 Å². The van der Waals surface area contributed by atoms with E-state index in [0.717, 1.165) is 5.56 Å². The van der Waals surface area contributed by atoms with Crippen LogP contribution in [0.5, 0.6) is 6.01 Å². The normalized spacial score (nSPS) is 16.5. The SMILES string of the molecule is COc1nc2c(c(=O)[nH]1)[C@H](c1ccccc1)C(C#N)=C(N)N2. The quantitative estimate of drug-likeness (QED) is 0.761. The Kier molecular flexibility index (Phi) is 3.27. The molecule has 0 unspecified atom stereocenters. The summed E-state index contributed by atoms with van der Waals surface area (Å²) in [5.41, 5.74) is 6.98. The molecule has 0 saturated heterocycles. The maximum atomic E-state index is 12.4. The fourth-order valence-electron chi connectivity index (χ4n) is 2.52. The van der Waals surface area contributed by atoms with Crippen molar-refractivity contribution < 1.29 is 4.74 Å². The lowest BCUT2D eigenvalue weighted by Gasteiger charge is -2.25. The van der Waals surface area contributed by atoms with E-state index >= 15 is 0 Å². The molecule has 3 rings (SSSR count). The van der Waals surface area contributed by atoms with E-state index in [1.807, 2.05) is 30.3 Å². The van der Waals surface area contributed by atoms with Gasteiger partial charge in [-0.15, -0.1) is 0 Å². The van der Waals surface area contributed by atoms with Crippen molar-refractivity contribution >= 4 is 5.82 Å². The Hall–Kier alpha value is -3.27. The number of hydrogen-bond acceptors (Lipinski definition) is 6. The van der Waals surface area contributed by atoms with E-state index in [1.54, 1.807) is 0 Å². The van der Waals surface area contributed by atoms with E-state index in [1.165, 1.54) is 7.11 Å². The molecule has 2 aromatic rings. The fraction of sp³-hybridized carbons (Fsp3) is 0.133. The molecule has 0 radical (unpaired) electrons. The first kappa shape index (κ1) is 13.7. The van der Waals surface area contributed by atoms with Gasteiger partial charge in [0.25, 0.3) is 11.6 Å². The third-order valence-corrected chi connectivity index (χ3v) is 3.50. The number of ether oxygens (including phenoxy) is 1. The highest BCUT2D eigenvalue weighted by Gasteiger charge is 2.32. The standard InChI is InChI=1S/C15H13N5O2/c1-22-15-19-13-11(14(21)20-15)10(8-5-3-2-4-6-8)9(7-16)12(17)18-13/h2-6,10H,17H2,1H3,(H2,18,19,20,21)/t10-/m1/s1. The molecule has 0 amide bonds. The molecule has 1 aliphatic rings. The Bertz CT molecular complexity index is 848. The Labute approximate surface area is 126 Å². The van der Waals surface area contributed by atoms with Crippen LogP contribution in [-0.2, 0) is 0 Å². The summed E-state index contributed by atoms with van der Waals surface area (Å²) >= 11 is 0. The summed E-state index contributed by atoms with van der Waals surface area (Å²) in [7, 11) is 1.40. The van der Waals surface area contributed by atoms with Crippen molar-refractivity contribution in [1.82, 2.24) is 9.97 Å². The van der Waals surface area contributed by atoms with Gasteiger partial charge in [0, 0.05) is 0 Å². The number of hydrogen-bond donors (Lipinski definition) is 3. The summed E-state index contributed by atoms with van der Waals surface area (Å²) in [6, 6.07) is 11.4. The molecule has 1 aromatic carbocycles. The third-order valence-electron chi connectivity index (χ3n) is 3.50. The maximum Gasteiger partial charge on any atom is 0.298 e. The van der Waals surface area contributed by atoms with E-state index in [4.69, 9.17) is 10.5 Å². The van der Waals surface area contributed by atoms with E-state index in [0.29, 0.717) is 11.4 Å². The lowest BCUT2D eigenvalue weighted by Crippen LogP contribution is -2.30. The number of aromatic amines is 1. The number of fused-ring (bicyclic) bond motifs is 1. The highest BCUT2D eigenvalue weighted by molar-refractivity contribution is 5.63. The van der Waals surface area contributed by atoms with E-state index in [9.17, 15) is 10.1 Å². The summed E-state index contributed by atoms with van der Waals surface area (Å²) in [5.74, 6) is -0.0837. The molecule has 7 heteroatoms. The summed E-state index contributed by atoms with van der Waals surface area (Å²) in [5, 5.41) is 12.2. The lowest BCUT2D eigenvalue weighted by molar-refractivity contribution is 0.378. The third kappa shape index (κ3) is 2.07. The molecular weight excluding hydrogens is 282 g/mol. The summed E-state index contributed by atoms with van der Waals surface area (Å²) < 4.78 is 4.96. The van der Waals surface area contributed by atoms with Gasteiger partial charge < -0.3 is 15.8 Å². The van der Waals surface area contributed by atoms with Gasteiger partial charge in [-0.2, -0.15) is 10.2 Å². The van der Waals surface area contributed by atoms with Gasteiger partial charge in [-0.3, -0.25) is 9.78 Å². The Morgan fingerprint density at radius 3 is 2.73 bits per heavy atom. The predicted molar refractivity (Wildman–Crippen MR) is 80.1 cm³/mol. The summed E-state index contributed by atoms with van der Waals surface area (Å²) in [4.78, 5) is 19.1. The Morgan fingerprint density at radius 2 is 2.09 bits per heavy atom. The number of nitrogens with two attached hydrogens (primary N) is 1. The number of methoxy groups -OCH3 is 1. The molecule has 7 nitrogen and oxygen atoms in total. The van der Waals surface area contributed by atoms with Crippen LogP contribution < -0.4 is 21.3 Å². The Balaban J connectivity index is 2.29. The minimum absolute atomic E-state index is 0.0799. The molecule has 2 heterocycles. The zero-order valence-corrected chi connectivity index (χ0v) is 11.8. The monoisotopic (exact) mass is 295 g/mol. The van der Waals surface area contributed by atoms with Crippen LogP contribution in [0.1, 0.15) is 17.0 Å². The first-order valence-corrected chi connectivity index (χ1v) is 6.55. The topological polar surface area (TPSA) is 117 Å². The molecule has 22 heavy (non-hydrogen) atoms. The van der Waals surface area contributed by atoms with Crippen LogP contribution in [0.25, 0.3) is 0 Å². The van der Waals surface area contributed by atoms with Gasteiger partial charge in [0.2, 0.25) is 0 Å². The smallest absolute Gasteiger partial charge is 0.298 e. The second-order valence-electron chi connectivity index (χ2n) is 4.75. The van der Waals surface area contributed by atoms with Crippen LogP contribution in [0, 0.1) is 11.3 Å². The van der Waals surface area contributed by atoms with Gasteiger partial charge in [0.05, 0.1) is 30.2 Å². The van der Waals surface area contributed by atoms with E-state index in [-0.39, 0.29) is 23.0 Å². The molecule has 1 atom stereocenters. The number of benzene rings is 1. The zero-order valence-electron chi connectivity index (χ0n) is 11.8. The van der Waals surface area contributed by atoms with Crippen molar-refractivity contribution in [3.8, 4) is 12.1 Å². The van der Waals surface area contributed by atoms with Gasteiger partial charge in [0.1, 0.15) is 11.6 Å². The zero-order chi connectivity index (χ0) is 15.7. The number of allylic oxidation sites excluding steroid dienone is 1. The lowest BCUT2D eigenvalue weighted by atomic mass is 9.84. The minimum Gasteiger partial charge on any atom is -0.468 e. The van der Waals surface area contributed by atoms with Crippen LogP contribution in [-0.4, -0.2) is 17.1 Å². The van der Waals surface area contributed by atoms with E-state index in [2.05, 4.69) is 21.4 Å². The van der Waals surface area contributed by atoms with Crippen LogP contribution in [0.3, 0.4) is 0 Å². The summed E-state index contributed by atoms with van der Waals surface area (Å²) in [6.45, 7) is 0.